The highest BCUT2D eigenvalue weighted by Crippen LogP contribution is 2.28. The van der Waals surface area contributed by atoms with Crippen molar-refractivity contribution in [2.75, 3.05) is 22.5 Å². The number of aryl methyl sites for hydroxylation is 2. The number of carbonyl (C=O) groups is 2. The maximum absolute atomic E-state index is 13.7. The normalized spacial score (nSPS) is 14.5. The second kappa shape index (κ2) is 13.4. The predicted molar refractivity (Wildman–Crippen MR) is 168 cm³/mol. The van der Waals surface area contributed by atoms with E-state index in [9.17, 15) is 9.59 Å². The molecule has 0 saturated heterocycles. The Hall–Kier alpha value is -4.64. The van der Waals surface area contributed by atoms with Crippen LogP contribution in [0.5, 0.6) is 0 Å². The van der Waals surface area contributed by atoms with E-state index in [2.05, 4.69) is 53.7 Å². The van der Waals surface area contributed by atoms with Crippen LogP contribution in [0.2, 0.25) is 0 Å². The van der Waals surface area contributed by atoms with Crippen molar-refractivity contribution in [3.8, 4) is 0 Å². The number of fused-ring (bicyclic) bond motifs is 1. The highest BCUT2D eigenvalue weighted by molar-refractivity contribution is 6.01. The molecule has 0 spiro atoms. The molecule has 3 aromatic carbocycles. The first-order valence-electron chi connectivity index (χ1n) is 13.6. The molecule has 2 unspecified atom stereocenters. The van der Waals surface area contributed by atoms with Gasteiger partial charge in [-0.05, 0) is 66.6 Å². The standard InChI is InChI=1S/C35H37N3O2/c1-5-6-7-8-11-25(3)30-13-10-9-12-28(30)22-29(35(40)38-31-18-14-24(2)20-26(31)4)17-15-27-16-19-32-33(21-27)37-34(39)23-36-32/h5-21,25,29,36H,1,22-23H2,2-4H3,(H,37,39)(H,38,40)/b7-6-,11-8-,17-15+. The van der Waals surface area contributed by atoms with Gasteiger partial charge in [-0.3, -0.25) is 9.59 Å². The highest BCUT2D eigenvalue weighted by Gasteiger charge is 2.20. The first-order valence-corrected chi connectivity index (χ1v) is 13.6. The van der Waals surface area contributed by atoms with Crippen molar-refractivity contribution in [2.24, 2.45) is 5.92 Å². The maximum atomic E-state index is 13.7. The highest BCUT2D eigenvalue weighted by atomic mass is 16.2. The summed E-state index contributed by atoms with van der Waals surface area (Å²) >= 11 is 0. The van der Waals surface area contributed by atoms with Crippen LogP contribution in [0, 0.1) is 19.8 Å². The average molecular weight is 532 g/mol. The van der Waals surface area contributed by atoms with Gasteiger partial charge in [0.05, 0.1) is 23.8 Å². The Bertz CT molecular complexity index is 1480. The minimum atomic E-state index is -0.414. The molecule has 204 valence electrons. The number of carbonyl (C=O) groups excluding carboxylic acids is 2. The lowest BCUT2D eigenvalue weighted by atomic mass is 9.88. The number of rotatable bonds is 10. The van der Waals surface area contributed by atoms with Crippen LogP contribution in [-0.4, -0.2) is 18.4 Å². The van der Waals surface area contributed by atoms with Crippen LogP contribution in [-0.2, 0) is 16.0 Å². The smallest absolute Gasteiger partial charge is 0.243 e. The van der Waals surface area contributed by atoms with Gasteiger partial charge in [0.2, 0.25) is 11.8 Å². The Balaban J connectivity index is 1.63. The van der Waals surface area contributed by atoms with Crippen LogP contribution in [0.1, 0.15) is 40.7 Å². The summed E-state index contributed by atoms with van der Waals surface area (Å²) < 4.78 is 0. The summed E-state index contributed by atoms with van der Waals surface area (Å²) in [5.41, 5.74) is 7.85. The first-order chi connectivity index (χ1) is 19.3. The summed E-state index contributed by atoms with van der Waals surface area (Å²) in [4.78, 5) is 25.6. The summed E-state index contributed by atoms with van der Waals surface area (Å²) in [6.45, 7) is 10.2. The Morgan fingerprint density at radius 2 is 1.82 bits per heavy atom. The Morgan fingerprint density at radius 3 is 2.62 bits per heavy atom. The minimum absolute atomic E-state index is 0.0666. The molecule has 1 aliphatic rings. The van der Waals surface area contributed by atoms with Gasteiger partial charge in [-0.1, -0.05) is 104 Å². The van der Waals surface area contributed by atoms with Crippen molar-refractivity contribution in [2.45, 2.75) is 33.1 Å². The Kier molecular flexibility index (Phi) is 9.53. The van der Waals surface area contributed by atoms with Gasteiger partial charge in [0.25, 0.3) is 0 Å². The van der Waals surface area contributed by atoms with E-state index < -0.39 is 5.92 Å². The molecular formula is C35H37N3O2. The summed E-state index contributed by atoms with van der Waals surface area (Å²) in [5.74, 6) is -0.376. The van der Waals surface area contributed by atoms with Crippen LogP contribution in [0.15, 0.2) is 104 Å². The molecule has 0 fully saturated rings. The summed E-state index contributed by atoms with van der Waals surface area (Å²) in [5, 5.41) is 9.18. The fourth-order valence-corrected chi connectivity index (χ4v) is 4.83. The van der Waals surface area contributed by atoms with Gasteiger partial charge in [-0.15, -0.1) is 0 Å². The lowest BCUT2D eigenvalue weighted by Crippen LogP contribution is -2.27. The number of amides is 2. The third-order valence-electron chi connectivity index (χ3n) is 7.00. The molecule has 0 aliphatic carbocycles. The summed E-state index contributed by atoms with van der Waals surface area (Å²) in [7, 11) is 0. The number of hydrogen-bond acceptors (Lipinski definition) is 3. The zero-order valence-electron chi connectivity index (χ0n) is 23.4. The Labute approximate surface area is 237 Å². The van der Waals surface area contributed by atoms with Gasteiger partial charge in [-0.25, -0.2) is 0 Å². The number of anilines is 3. The topological polar surface area (TPSA) is 70.2 Å². The Morgan fingerprint density at radius 1 is 1.00 bits per heavy atom. The van der Waals surface area contributed by atoms with Crippen molar-refractivity contribution in [1.29, 1.82) is 0 Å². The van der Waals surface area contributed by atoms with Crippen molar-refractivity contribution >= 4 is 35.0 Å². The fraction of sp³-hybridized carbons (Fsp3) is 0.200. The molecular weight excluding hydrogens is 494 g/mol. The minimum Gasteiger partial charge on any atom is -0.374 e. The molecule has 2 amide bonds. The number of allylic oxidation sites excluding steroid dienone is 5. The van der Waals surface area contributed by atoms with Crippen LogP contribution >= 0.6 is 0 Å². The predicted octanol–water partition coefficient (Wildman–Crippen LogP) is 7.58. The van der Waals surface area contributed by atoms with Gasteiger partial charge < -0.3 is 16.0 Å². The van der Waals surface area contributed by atoms with E-state index in [-0.39, 0.29) is 24.3 Å². The van der Waals surface area contributed by atoms with Crippen LogP contribution in [0.4, 0.5) is 17.1 Å². The quantitative estimate of drug-likeness (QED) is 0.236. The molecule has 0 saturated carbocycles. The molecule has 5 heteroatoms. The molecule has 0 aromatic heterocycles. The van der Waals surface area contributed by atoms with E-state index in [1.54, 1.807) is 6.08 Å². The number of nitrogens with one attached hydrogen (secondary N) is 3. The summed E-state index contributed by atoms with van der Waals surface area (Å²) in [6, 6.07) is 20.2. The third kappa shape index (κ3) is 7.48. The molecule has 3 aromatic rings. The lowest BCUT2D eigenvalue weighted by molar-refractivity contribution is -0.118. The molecule has 40 heavy (non-hydrogen) atoms. The second-order valence-corrected chi connectivity index (χ2v) is 10.2. The van der Waals surface area contributed by atoms with Crippen molar-refractivity contribution in [3.63, 3.8) is 0 Å². The fourth-order valence-electron chi connectivity index (χ4n) is 4.83. The second-order valence-electron chi connectivity index (χ2n) is 10.2. The van der Waals surface area contributed by atoms with Crippen molar-refractivity contribution in [1.82, 2.24) is 0 Å². The van der Waals surface area contributed by atoms with Crippen LogP contribution in [0.3, 0.4) is 0 Å². The first kappa shape index (κ1) is 28.4. The van der Waals surface area contributed by atoms with Gasteiger partial charge in [0.15, 0.2) is 0 Å². The SMILES string of the molecule is C=C/C=C\C=C/C(C)c1ccccc1CC(/C=C/c1ccc2c(c1)NC(=O)CN2)C(=O)Nc1ccc(C)cc1C. The van der Waals surface area contributed by atoms with Gasteiger partial charge in [0, 0.05) is 5.69 Å². The molecule has 0 bridgehead atoms. The molecule has 1 aliphatic heterocycles. The van der Waals surface area contributed by atoms with Gasteiger partial charge >= 0.3 is 0 Å². The van der Waals surface area contributed by atoms with E-state index in [1.165, 1.54) is 5.56 Å². The van der Waals surface area contributed by atoms with E-state index >= 15 is 0 Å². The molecule has 0 radical (unpaired) electrons. The van der Waals surface area contributed by atoms with Crippen LogP contribution < -0.4 is 16.0 Å². The zero-order valence-corrected chi connectivity index (χ0v) is 23.4. The molecule has 1 heterocycles. The summed E-state index contributed by atoms with van der Waals surface area (Å²) in [6.07, 6.45) is 14.3. The third-order valence-corrected chi connectivity index (χ3v) is 7.00. The van der Waals surface area contributed by atoms with E-state index in [4.69, 9.17) is 0 Å². The molecule has 5 nitrogen and oxygen atoms in total. The van der Waals surface area contributed by atoms with Crippen LogP contribution in [0.25, 0.3) is 6.08 Å². The largest absolute Gasteiger partial charge is 0.374 e. The van der Waals surface area contributed by atoms with Gasteiger partial charge in [-0.2, -0.15) is 0 Å². The van der Waals surface area contributed by atoms with E-state index in [0.29, 0.717) is 6.42 Å². The van der Waals surface area contributed by atoms with Gasteiger partial charge in [0.1, 0.15) is 0 Å². The van der Waals surface area contributed by atoms with Crippen molar-refractivity contribution < 1.29 is 9.59 Å². The number of benzene rings is 3. The maximum Gasteiger partial charge on any atom is 0.243 e. The zero-order chi connectivity index (χ0) is 28.5. The monoisotopic (exact) mass is 531 g/mol. The van der Waals surface area contributed by atoms with Crippen molar-refractivity contribution in [3.05, 3.63) is 132 Å². The molecule has 3 N–H and O–H groups in total. The van der Waals surface area contributed by atoms with E-state index in [0.717, 1.165) is 39.3 Å². The number of hydrogen-bond donors (Lipinski definition) is 3. The van der Waals surface area contributed by atoms with E-state index in [1.807, 2.05) is 86.7 Å². The molecule has 2 atom stereocenters. The lowest BCUT2D eigenvalue weighted by Gasteiger charge is -2.20. The molecule has 4 rings (SSSR count). The average Bonchev–Trinajstić information content (AvgIpc) is 2.94.